The summed E-state index contributed by atoms with van der Waals surface area (Å²) in [4.78, 5) is 28.0. The van der Waals surface area contributed by atoms with Crippen LogP contribution in [0.5, 0.6) is 0 Å². The highest BCUT2D eigenvalue weighted by atomic mass is 35.5. The lowest BCUT2D eigenvalue weighted by molar-refractivity contribution is -0.353. The molecule has 2 amide bonds. The quantitative estimate of drug-likeness (QED) is 0.275. The van der Waals surface area contributed by atoms with Gasteiger partial charge in [-0.3, -0.25) is 25.0 Å². The van der Waals surface area contributed by atoms with E-state index in [-0.39, 0.29) is 70.8 Å². The number of piperidine rings is 2. The largest absolute Gasteiger partial charge is 0.522 e. The summed E-state index contributed by atoms with van der Waals surface area (Å²) in [5, 5.41) is 13.4. The summed E-state index contributed by atoms with van der Waals surface area (Å²) in [5.41, 5.74) is -0.393. The predicted octanol–water partition coefficient (Wildman–Crippen LogP) is 1.42. The van der Waals surface area contributed by atoms with Gasteiger partial charge >= 0.3 is 6.36 Å². The first-order valence-corrected chi connectivity index (χ1v) is 14.8. The van der Waals surface area contributed by atoms with Crippen LogP contribution in [-0.4, -0.2) is 96.9 Å². The molecule has 216 valence electrons. The van der Waals surface area contributed by atoms with E-state index in [4.69, 9.17) is 16.3 Å². The number of halogens is 4. The van der Waals surface area contributed by atoms with Crippen LogP contribution in [0.1, 0.15) is 32.6 Å². The number of fused-ring (bicyclic) bond motifs is 1. The molecule has 5 aliphatic rings. The van der Waals surface area contributed by atoms with E-state index in [2.05, 4.69) is 32.9 Å². The van der Waals surface area contributed by atoms with E-state index in [1.165, 1.54) is 0 Å². The molecule has 0 bridgehead atoms. The Kier molecular flexibility index (Phi) is 8.74. The Hall–Kier alpha value is -0.830. The maximum atomic E-state index is 13.5. The molecular formula is C24H37ClF3N5O4S. The molecule has 4 aliphatic heterocycles. The molecule has 5 rings (SSSR count). The molecule has 0 aromatic rings. The highest BCUT2D eigenvalue weighted by Gasteiger charge is 2.49. The molecule has 4 heterocycles. The van der Waals surface area contributed by atoms with Crippen LogP contribution in [0.15, 0.2) is 0 Å². The van der Waals surface area contributed by atoms with Gasteiger partial charge in [-0.25, -0.2) is 0 Å². The molecule has 0 radical (unpaired) electrons. The Balaban J connectivity index is 1.12. The van der Waals surface area contributed by atoms with Crippen LogP contribution in [-0.2, 0) is 19.1 Å². The van der Waals surface area contributed by atoms with E-state index in [0.29, 0.717) is 32.2 Å². The number of rotatable bonds is 6. The van der Waals surface area contributed by atoms with Crippen molar-refractivity contribution in [2.24, 2.45) is 23.7 Å². The van der Waals surface area contributed by atoms with Crippen LogP contribution in [0, 0.1) is 23.7 Å². The molecule has 9 unspecified atom stereocenters. The van der Waals surface area contributed by atoms with Crippen LogP contribution < -0.4 is 21.3 Å². The van der Waals surface area contributed by atoms with Gasteiger partial charge in [-0.2, -0.15) is 0 Å². The van der Waals surface area contributed by atoms with Gasteiger partial charge in [0, 0.05) is 56.5 Å². The number of carbonyl (C=O) groups is 2. The molecule has 1 aliphatic carbocycles. The number of hydrogen-bond donors (Lipinski definition) is 4. The molecule has 38 heavy (non-hydrogen) atoms. The van der Waals surface area contributed by atoms with Crippen molar-refractivity contribution in [3.63, 3.8) is 0 Å². The molecule has 9 atom stereocenters. The van der Waals surface area contributed by atoms with E-state index in [1.54, 1.807) is 23.8 Å². The summed E-state index contributed by atoms with van der Waals surface area (Å²) in [5.74, 6) is -0.412. The van der Waals surface area contributed by atoms with Gasteiger partial charge in [-0.15, -0.1) is 36.5 Å². The standard InChI is InChI=1S/C24H37ClF3N5O4S/c1-11-3-14(15-6-20(25)30-8-18(15)36-2)16(7-29-11)21(34)32-23-31-17-9-33(10-19(17)38-23)22(35)12-4-13(5-12)37-24(26,27)28/h11-20,23,29-31H,3-10H2,1-2H3,(H,32,34). The normalized spacial score (nSPS) is 43.4. The second kappa shape index (κ2) is 11.6. The third kappa shape index (κ3) is 6.39. The smallest absolute Gasteiger partial charge is 0.380 e. The van der Waals surface area contributed by atoms with Crippen LogP contribution in [0.4, 0.5) is 13.2 Å². The van der Waals surface area contributed by atoms with E-state index >= 15 is 0 Å². The number of nitrogens with one attached hydrogen (secondary N) is 4. The van der Waals surface area contributed by atoms with E-state index in [0.717, 1.165) is 12.8 Å². The van der Waals surface area contributed by atoms with Gasteiger partial charge in [0.25, 0.3) is 0 Å². The zero-order valence-corrected chi connectivity index (χ0v) is 23.1. The van der Waals surface area contributed by atoms with Crippen molar-refractivity contribution < 1.29 is 32.2 Å². The second-order valence-electron chi connectivity index (χ2n) is 11.3. The van der Waals surface area contributed by atoms with Gasteiger partial charge in [0.1, 0.15) is 5.50 Å². The number of hydrogen-bond acceptors (Lipinski definition) is 8. The molecule has 9 nitrogen and oxygen atoms in total. The summed E-state index contributed by atoms with van der Waals surface area (Å²) in [6.07, 6.45) is -3.78. The topological polar surface area (TPSA) is 104 Å². The van der Waals surface area contributed by atoms with Crippen LogP contribution >= 0.6 is 23.4 Å². The van der Waals surface area contributed by atoms with Crippen molar-refractivity contribution >= 4 is 35.2 Å². The Morgan fingerprint density at radius 2 is 1.84 bits per heavy atom. The number of likely N-dealkylation sites (tertiary alicyclic amines) is 1. The summed E-state index contributed by atoms with van der Waals surface area (Å²) in [7, 11) is 1.71. The number of alkyl halides is 4. The molecular weight excluding hydrogens is 547 g/mol. The van der Waals surface area contributed by atoms with E-state index in [9.17, 15) is 22.8 Å². The van der Waals surface area contributed by atoms with Crippen molar-refractivity contribution in [1.82, 2.24) is 26.2 Å². The first-order valence-electron chi connectivity index (χ1n) is 13.4. The van der Waals surface area contributed by atoms with Gasteiger partial charge in [-0.05, 0) is 44.4 Å². The lowest BCUT2D eigenvalue weighted by atomic mass is 9.70. The van der Waals surface area contributed by atoms with E-state index in [1.807, 2.05) is 0 Å². The third-order valence-electron chi connectivity index (χ3n) is 8.79. The van der Waals surface area contributed by atoms with Crippen molar-refractivity contribution in [3.8, 4) is 0 Å². The highest BCUT2D eigenvalue weighted by molar-refractivity contribution is 8.00. The number of thioether (sulfide) groups is 1. The summed E-state index contributed by atoms with van der Waals surface area (Å²) in [6, 6.07) is 0.328. The molecule has 0 aromatic heterocycles. The summed E-state index contributed by atoms with van der Waals surface area (Å²) >= 11 is 8.03. The molecule has 14 heteroatoms. The van der Waals surface area contributed by atoms with Crippen LogP contribution in [0.3, 0.4) is 0 Å². The van der Waals surface area contributed by atoms with Crippen molar-refractivity contribution in [2.45, 2.75) is 79.5 Å². The molecule has 5 fully saturated rings. The Bertz CT molecular complexity index is 870. The summed E-state index contributed by atoms with van der Waals surface area (Å²) in [6.45, 7) is 4.39. The lowest BCUT2D eigenvalue weighted by Gasteiger charge is -2.45. The number of carbonyl (C=O) groups excluding carboxylic acids is 2. The minimum absolute atomic E-state index is 0.00279. The average Bonchev–Trinajstić information content (AvgIpc) is 3.38. The first-order chi connectivity index (χ1) is 18.0. The van der Waals surface area contributed by atoms with Crippen LogP contribution in [0.2, 0.25) is 0 Å². The fourth-order valence-electron chi connectivity index (χ4n) is 6.76. The van der Waals surface area contributed by atoms with Crippen LogP contribution in [0.25, 0.3) is 0 Å². The number of ether oxygens (including phenoxy) is 2. The lowest BCUT2D eigenvalue weighted by Crippen LogP contribution is -2.57. The number of amides is 2. The fraction of sp³-hybridized carbons (Fsp3) is 0.917. The third-order valence-corrected chi connectivity index (χ3v) is 10.5. The Labute approximate surface area is 230 Å². The number of methoxy groups -OCH3 is 1. The Morgan fingerprint density at radius 1 is 1.08 bits per heavy atom. The zero-order valence-electron chi connectivity index (χ0n) is 21.5. The SMILES string of the molecule is COC1CNC(Cl)CC1C1CC(C)NCC1C(=O)NC1NC2CN(C(=O)C3CC(OC(F)(F)F)C3)CC2S1. The molecule has 4 saturated heterocycles. The highest BCUT2D eigenvalue weighted by Crippen LogP contribution is 2.40. The predicted molar refractivity (Wildman–Crippen MR) is 136 cm³/mol. The van der Waals surface area contributed by atoms with Crippen molar-refractivity contribution in [1.29, 1.82) is 0 Å². The second-order valence-corrected chi connectivity index (χ2v) is 13.2. The van der Waals surface area contributed by atoms with Gasteiger partial charge in [0.05, 0.1) is 23.6 Å². The minimum atomic E-state index is -4.67. The molecule has 0 spiro atoms. The fourth-order valence-corrected chi connectivity index (χ4v) is 8.46. The average molecular weight is 584 g/mol. The minimum Gasteiger partial charge on any atom is -0.380 e. The summed E-state index contributed by atoms with van der Waals surface area (Å²) < 4.78 is 46.9. The Morgan fingerprint density at radius 3 is 2.53 bits per heavy atom. The maximum Gasteiger partial charge on any atom is 0.522 e. The van der Waals surface area contributed by atoms with E-state index < -0.39 is 18.4 Å². The van der Waals surface area contributed by atoms with Gasteiger partial charge < -0.3 is 20.3 Å². The zero-order chi connectivity index (χ0) is 27.2. The molecule has 1 saturated carbocycles. The van der Waals surface area contributed by atoms with Crippen molar-refractivity contribution in [2.75, 3.05) is 33.3 Å². The molecule has 0 aromatic carbocycles. The van der Waals surface area contributed by atoms with Gasteiger partial charge in [0.15, 0.2) is 0 Å². The monoisotopic (exact) mass is 583 g/mol. The van der Waals surface area contributed by atoms with Gasteiger partial charge in [0.2, 0.25) is 11.8 Å². The number of nitrogens with zero attached hydrogens (tertiary/aromatic N) is 1. The van der Waals surface area contributed by atoms with Gasteiger partial charge in [-0.1, -0.05) is 0 Å². The molecule has 4 N–H and O–H groups in total. The van der Waals surface area contributed by atoms with Crippen molar-refractivity contribution in [3.05, 3.63) is 0 Å². The maximum absolute atomic E-state index is 13.5. The first kappa shape index (κ1) is 28.7.